The Hall–Kier alpha value is -2.56. The van der Waals surface area contributed by atoms with Crippen LogP contribution in [0, 0.1) is 0 Å². The molecular weight excluding hydrogens is 405 g/mol. The molecule has 1 aliphatic carbocycles. The first kappa shape index (κ1) is 21.2. The van der Waals surface area contributed by atoms with Crippen LogP contribution in [0.4, 0.5) is 10.5 Å². The zero-order valence-corrected chi connectivity index (χ0v) is 17.8. The molecule has 0 radical (unpaired) electrons. The van der Waals surface area contributed by atoms with Crippen LogP contribution < -0.4 is 10.6 Å². The molecule has 1 aromatic heterocycles. The molecule has 4 rings (SSSR count). The number of amides is 2. The van der Waals surface area contributed by atoms with Gasteiger partial charge in [0.25, 0.3) is 0 Å². The molecule has 0 spiro atoms. The van der Waals surface area contributed by atoms with Gasteiger partial charge in [-0.3, -0.25) is 9.88 Å². The van der Waals surface area contributed by atoms with Gasteiger partial charge < -0.3 is 5.73 Å². The van der Waals surface area contributed by atoms with E-state index in [9.17, 15) is 4.79 Å². The molecule has 1 heterocycles. The molecule has 0 saturated heterocycles. The summed E-state index contributed by atoms with van der Waals surface area (Å²) in [5.41, 5.74) is 13.2. The van der Waals surface area contributed by atoms with Crippen LogP contribution in [0.1, 0.15) is 28.8 Å². The van der Waals surface area contributed by atoms with E-state index in [1.54, 1.807) is 7.05 Å². The number of nitrogens with zero attached hydrogens (tertiary/aromatic N) is 2. The van der Waals surface area contributed by atoms with Crippen LogP contribution in [0.25, 0.3) is 11.3 Å². The molecular formula is C23H23Cl2N3O. The zero-order chi connectivity index (χ0) is 19.7. The van der Waals surface area contributed by atoms with Crippen molar-refractivity contribution in [1.29, 1.82) is 0 Å². The van der Waals surface area contributed by atoms with Crippen molar-refractivity contribution < 1.29 is 4.79 Å². The van der Waals surface area contributed by atoms with E-state index in [0.29, 0.717) is 0 Å². The summed E-state index contributed by atoms with van der Waals surface area (Å²) in [7, 11) is 1.67. The number of nitrogens with two attached hydrogens (primary N) is 1. The van der Waals surface area contributed by atoms with Gasteiger partial charge in [0.15, 0.2) is 0 Å². The van der Waals surface area contributed by atoms with Gasteiger partial charge >= 0.3 is 6.03 Å². The lowest BCUT2D eigenvalue weighted by atomic mass is 9.97. The molecule has 0 bridgehead atoms. The maximum absolute atomic E-state index is 11.3. The van der Waals surface area contributed by atoms with Crippen molar-refractivity contribution in [2.45, 2.75) is 25.7 Å². The standard InChI is InChI=1S/C23H22ClN3O.ClH/c1-27(23(25)28)19-10-8-15(9-11-19)12-17-14-22(16-4-2-5-18(24)13-16)26-21-7-3-6-20(17)21;/h2,4-5,8-11,13-14H,3,6-7,12H2,1H3,(H2,25,28);1H. The van der Waals surface area contributed by atoms with Crippen LogP contribution in [-0.4, -0.2) is 18.1 Å². The van der Waals surface area contributed by atoms with Crippen LogP contribution in [0.3, 0.4) is 0 Å². The number of carbonyl (C=O) groups excluding carboxylic acids is 1. The number of hydrogen-bond acceptors (Lipinski definition) is 2. The number of anilines is 1. The summed E-state index contributed by atoms with van der Waals surface area (Å²) in [4.78, 5) is 17.7. The van der Waals surface area contributed by atoms with Crippen LogP contribution >= 0.6 is 24.0 Å². The number of aryl methyl sites for hydroxylation is 1. The van der Waals surface area contributed by atoms with Gasteiger partial charge in [-0.05, 0) is 72.7 Å². The van der Waals surface area contributed by atoms with Gasteiger partial charge in [-0.1, -0.05) is 35.9 Å². The molecule has 29 heavy (non-hydrogen) atoms. The molecule has 0 atom stereocenters. The Labute approximate surface area is 182 Å². The molecule has 2 amide bonds. The largest absolute Gasteiger partial charge is 0.351 e. The Kier molecular flexibility index (Phi) is 6.46. The Balaban J connectivity index is 0.00000240. The van der Waals surface area contributed by atoms with Gasteiger partial charge in [0, 0.05) is 29.0 Å². The second-order valence-electron chi connectivity index (χ2n) is 7.20. The number of fused-ring (bicyclic) bond motifs is 1. The number of carbonyl (C=O) groups is 1. The molecule has 0 saturated carbocycles. The van der Waals surface area contributed by atoms with Crippen molar-refractivity contribution in [2.75, 3.05) is 11.9 Å². The predicted octanol–water partition coefficient (Wildman–Crippen LogP) is 5.42. The summed E-state index contributed by atoms with van der Waals surface area (Å²) in [6, 6.07) is 17.5. The molecule has 2 N–H and O–H groups in total. The molecule has 0 aliphatic heterocycles. The van der Waals surface area contributed by atoms with Gasteiger partial charge in [0.2, 0.25) is 0 Å². The van der Waals surface area contributed by atoms with Crippen LogP contribution in [0.15, 0.2) is 54.6 Å². The number of benzene rings is 2. The minimum absolute atomic E-state index is 0. The van der Waals surface area contributed by atoms with E-state index in [1.165, 1.54) is 27.3 Å². The molecule has 2 aromatic carbocycles. The minimum Gasteiger partial charge on any atom is -0.351 e. The number of urea groups is 1. The molecule has 3 aromatic rings. The van der Waals surface area contributed by atoms with Crippen molar-refractivity contribution in [2.24, 2.45) is 5.73 Å². The van der Waals surface area contributed by atoms with E-state index >= 15 is 0 Å². The van der Waals surface area contributed by atoms with Crippen molar-refractivity contribution >= 4 is 35.7 Å². The van der Waals surface area contributed by atoms with Crippen LogP contribution in [-0.2, 0) is 19.3 Å². The molecule has 150 valence electrons. The summed E-state index contributed by atoms with van der Waals surface area (Å²) in [5.74, 6) is 0. The summed E-state index contributed by atoms with van der Waals surface area (Å²) < 4.78 is 0. The molecule has 1 aliphatic rings. The van der Waals surface area contributed by atoms with Gasteiger partial charge in [-0.2, -0.15) is 0 Å². The second kappa shape index (κ2) is 8.85. The maximum Gasteiger partial charge on any atom is 0.318 e. The summed E-state index contributed by atoms with van der Waals surface area (Å²) in [6.45, 7) is 0. The van der Waals surface area contributed by atoms with Crippen molar-refractivity contribution in [1.82, 2.24) is 4.98 Å². The molecule has 4 nitrogen and oxygen atoms in total. The number of hydrogen-bond donors (Lipinski definition) is 1. The number of pyridine rings is 1. The second-order valence-corrected chi connectivity index (χ2v) is 7.63. The van der Waals surface area contributed by atoms with Gasteiger partial charge in [-0.25, -0.2) is 4.79 Å². The third kappa shape index (κ3) is 4.55. The van der Waals surface area contributed by atoms with Gasteiger partial charge in [-0.15, -0.1) is 12.4 Å². The van der Waals surface area contributed by atoms with Gasteiger partial charge in [0.1, 0.15) is 0 Å². The third-order valence-corrected chi connectivity index (χ3v) is 5.55. The molecule has 0 unspecified atom stereocenters. The highest BCUT2D eigenvalue weighted by Crippen LogP contribution is 2.31. The Morgan fingerprint density at radius 2 is 1.90 bits per heavy atom. The number of rotatable bonds is 4. The fourth-order valence-electron chi connectivity index (χ4n) is 3.76. The molecule has 6 heteroatoms. The first-order valence-electron chi connectivity index (χ1n) is 9.41. The minimum atomic E-state index is -0.467. The summed E-state index contributed by atoms with van der Waals surface area (Å²) >= 11 is 6.18. The highest BCUT2D eigenvalue weighted by atomic mass is 35.5. The van der Waals surface area contributed by atoms with Crippen molar-refractivity contribution in [3.63, 3.8) is 0 Å². The lowest BCUT2D eigenvalue weighted by Gasteiger charge is -2.15. The highest BCUT2D eigenvalue weighted by Gasteiger charge is 2.19. The van der Waals surface area contributed by atoms with E-state index in [0.717, 1.165) is 47.7 Å². The first-order valence-corrected chi connectivity index (χ1v) is 9.79. The third-order valence-electron chi connectivity index (χ3n) is 5.31. The zero-order valence-electron chi connectivity index (χ0n) is 16.2. The molecule has 0 fully saturated rings. The fourth-order valence-corrected chi connectivity index (χ4v) is 3.96. The van der Waals surface area contributed by atoms with E-state index < -0.39 is 6.03 Å². The van der Waals surface area contributed by atoms with Crippen LogP contribution in [0.2, 0.25) is 5.02 Å². The van der Waals surface area contributed by atoms with E-state index in [-0.39, 0.29) is 12.4 Å². The Morgan fingerprint density at radius 3 is 2.59 bits per heavy atom. The van der Waals surface area contributed by atoms with Crippen molar-refractivity contribution in [3.8, 4) is 11.3 Å². The number of aromatic nitrogens is 1. The summed E-state index contributed by atoms with van der Waals surface area (Å²) in [6.07, 6.45) is 4.09. The SMILES string of the molecule is CN(C(N)=O)c1ccc(Cc2cc(-c3cccc(Cl)c3)nc3c2CCC3)cc1.Cl. The number of halogens is 2. The predicted molar refractivity (Wildman–Crippen MR) is 121 cm³/mol. The lowest BCUT2D eigenvalue weighted by Crippen LogP contribution is -2.31. The smallest absolute Gasteiger partial charge is 0.318 e. The highest BCUT2D eigenvalue weighted by molar-refractivity contribution is 6.30. The first-order chi connectivity index (χ1) is 13.5. The normalized spacial score (nSPS) is 12.2. The topological polar surface area (TPSA) is 59.2 Å². The van der Waals surface area contributed by atoms with E-state index in [1.807, 2.05) is 36.4 Å². The van der Waals surface area contributed by atoms with Crippen molar-refractivity contribution in [3.05, 3.63) is 82.0 Å². The van der Waals surface area contributed by atoms with E-state index in [2.05, 4.69) is 18.2 Å². The average Bonchev–Trinajstić information content (AvgIpc) is 3.17. The van der Waals surface area contributed by atoms with Crippen LogP contribution in [0.5, 0.6) is 0 Å². The fraction of sp³-hybridized carbons (Fsp3) is 0.217. The van der Waals surface area contributed by atoms with E-state index in [4.69, 9.17) is 22.3 Å². The Morgan fingerprint density at radius 1 is 1.14 bits per heavy atom. The average molecular weight is 428 g/mol. The lowest BCUT2D eigenvalue weighted by molar-refractivity contribution is 0.255. The van der Waals surface area contributed by atoms with Gasteiger partial charge in [0.05, 0.1) is 5.69 Å². The maximum atomic E-state index is 11.3. The quantitative estimate of drug-likeness (QED) is 0.604. The monoisotopic (exact) mass is 427 g/mol. The summed E-state index contributed by atoms with van der Waals surface area (Å²) in [5, 5.41) is 0.718. The number of primary amides is 1. The Bertz CT molecular complexity index is 1030.